The molecule has 0 fully saturated rings. The molecule has 0 aliphatic heterocycles. The number of hydrogen-bond donors (Lipinski definition) is 1. The van der Waals surface area contributed by atoms with Crippen LogP contribution in [0.15, 0.2) is 30.3 Å². The first kappa shape index (κ1) is 15.7. The molecule has 0 heterocycles. The first-order valence-electron chi connectivity index (χ1n) is 6.45. The van der Waals surface area contributed by atoms with Gasteiger partial charge in [-0.3, -0.25) is 9.69 Å². The number of rotatable bonds is 6. The third-order valence-corrected chi connectivity index (χ3v) is 3.20. The van der Waals surface area contributed by atoms with Gasteiger partial charge in [0.2, 0.25) is 0 Å². The van der Waals surface area contributed by atoms with Crippen LogP contribution < -0.4 is 0 Å². The lowest BCUT2D eigenvalue weighted by atomic mass is 9.95. The number of hydrogen-bond acceptors (Lipinski definition) is 4. The summed E-state index contributed by atoms with van der Waals surface area (Å²) in [7, 11) is 1.37. The van der Waals surface area contributed by atoms with E-state index in [1.807, 2.05) is 49.1 Å². The van der Waals surface area contributed by atoms with Crippen molar-refractivity contribution in [2.24, 2.45) is 0 Å². The molecule has 0 spiro atoms. The number of aliphatic hydroxyl groups is 1. The maximum absolute atomic E-state index is 11.4. The van der Waals surface area contributed by atoms with Gasteiger partial charge in [0.1, 0.15) is 0 Å². The Balaban J connectivity index is 2.80. The summed E-state index contributed by atoms with van der Waals surface area (Å²) in [5.41, 5.74) is -0.162. The molecule has 106 valence electrons. The maximum atomic E-state index is 11.4. The second kappa shape index (κ2) is 6.68. The van der Waals surface area contributed by atoms with E-state index in [-0.39, 0.29) is 18.6 Å². The number of carbonyl (C=O) groups excluding carboxylic acids is 1. The molecule has 0 amide bonds. The molecule has 1 aromatic carbocycles. The van der Waals surface area contributed by atoms with E-state index in [1.54, 1.807) is 6.92 Å². The fourth-order valence-electron chi connectivity index (χ4n) is 1.94. The second-order valence-corrected chi connectivity index (χ2v) is 5.21. The van der Waals surface area contributed by atoms with Crippen LogP contribution in [0, 0.1) is 0 Å². The smallest absolute Gasteiger partial charge is 0.319 e. The van der Waals surface area contributed by atoms with Gasteiger partial charge in [-0.05, 0) is 26.3 Å². The van der Waals surface area contributed by atoms with E-state index < -0.39 is 5.60 Å². The SMILES string of the molecule is COC(=O)CN(CC(C)(O)c1ccccc1)C(C)C. The van der Waals surface area contributed by atoms with Gasteiger partial charge in [-0.1, -0.05) is 30.3 Å². The van der Waals surface area contributed by atoms with E-state index in [0.717, 1.165) is 5.56 Å². The van der Waals surface area contributed by atoms with Crippen LogP contribution in [0.5, 0.6) is 0 Å². The van der Waals surface area contributed by atoms with Gasteiger partial charge in [0, 0.05) is 12.6 Å². The molecule has 4 nitrogen and oxygen atoms in total. The number of carbonyl (C=O) groups is 1. The van der Waals surface area contributed by atoms with E-state index in [0.29, 0.717) is 6.54 Å². The molecular weight excluding hydrogens is 242 g/mol. The summed E-state index contributed by atoms with van der Waals surface area (Å²) < 4.78 is 4.69. The lowest BCUT2D eigenvalue weighted by molar-refractivity contribution is -0.143. The van der Waals surface area contributed by atoms with Crippen molar-refractivity contribution < 1.29 is 14.6 Å². The van der Waals surface area contributed by atoms with Crippen LogP contribution in [0.25, 0.3) is 0 Å². The van der Waals surface area contributed by atoms with Crippen molar-refractivity contribution in [3.05, 3.63) is 35.9 Å². The van der Waals surface area contributed by atoms with Crippen LogP contribution >= 0.6 is 0 Å². The van der Waals surface area contributed by atoms with Gasteiger partial charge < -0.3 is 9.84 Å². The van der Waals surface area contributed by atoms with Gasteiger partial charge in [0.15, 0.2) is 0 Å². The Kier molecular flexibility index (Phi) is 5.51. The standard InChI is InChI=1S/C15H23NO3/c1-12(2)16(10-14(17)19-4)11-15(3,18)13-8-6-5-7-9-13/h5-9,12,18H,10-11H2,1-4H3. The molecule has 0 saturated carbocycles. The molecule has 0 radical (unpaired) electrons. The summed E-state index contributed by atoms with van der Waals surface area (Å²) >= 11 is 0. The Labute approximate surface area is 115 Å². The topological polar surface area (TPSA) is 49.8 Å². The highest BCUT2D eigenvalue weighted by molar-refractivity contribution is 5.71. The van der Waals surface area contributed by atoms with Crippen molar-refractivity contribution in [1.82, 2.24) is 4.90 Å². The molecule has 19 heavy (non-hydrogen) atoms. The quantitative estimate of drug-likeness (QED) is 0.797. The highest BCUT2D eigenvalue weighted by Crippen LogP contribution is 2.22. The third kappa shape index (κ3) is 4.65. The summed E-state index contributed by atoms with van der Waals surface area (Å²) in [6.45, 7) is 6.30. The fourth-order valence-corrected chi connectivity index (χ4v) is 1.94. The van der Waals surface area contributed by atoms with Crippen LogP contribution in [0.2, 0.25) is 0 Å². The molecule has 1 atom stereocenters. The zero-order valence-electron chi connectivity index (χ0n) is 12.1. The van der Waals surface area contributed by atoms with Gasteiger partial charge in [0.25, 0.3) is 0 Å². The highest BCUT2D eigenvalue weighted by atomic mass is 16.5. The average molecular weight is 265 g/mol. The van der Waals surface area contributed by atoms with Crippen molar-refractivity contribution in [1.29, 1.82) is 0 Å². The predicted molar refractivity (Wildman–Crippen MR) is 74.7 cm³/mol. The molecule has 0 bridgehead atoms. The Hall–Kier alpha value is -1.39. The number of ether oxygens (including phenoxy) is 1. The number of esters is 1. The Morgan fingerprint density at radius 2 is 1.95 bits per heavy atom. The molecule has 0 aromatic heterocycles. The van der Waals surface area contributed by atoms with Gasteiger partial charge >= 0.3 is 5.97 Å². The molecule has 1 unspecified atom stereocenters. The molecule has 0 aliphatic rings. The van der Waals surface area contributed by atoms with Crippen molar-refractivity contribution in [3.8, 4) is 0 Å². The average Bonchev–Trinajstić information content (AvgIpc) is 2.38. The first-order valence-corrected chi connectivity index (χ1v) is 6.45. The zero-order valence-corrected chi connectivity index (χ0v) is 12.1. The lowest BCUT2D eigenvalue weighted by Crippen LogP contribution is -2.45. The van der Waals surface area contributed by atoms with Crippen LogP contribution in [0.3, 0.4) is 0 Å². The fraction of sp³-hybridized carbons (Fsp3) is 0.533. The van der Waals surface area contributed by atoms with E-state index in [2.05, 4.69) is 4.74 Å². The lowest BCUT2D eigenvalue weighted by Gasteiger charge is -2.33. The van der Waals surface area contributed by atoms with E-state index in [1.165, 1.54) is 7.11 Å². The summed E-state index contributed by atoms with van der Waals surface area (Å²) in [5, 5.41) is 10.6. The van der Waals surface area contributed by atoms with Gasteiger partial charge in [-0.15, -0.1) is 0 Å². The highest BCUT2D eigenvalue weighted by Gasteiger charge is 2.28. The zero-order chi connectivity index (χ0) is 14.5. The third-order valence-electron chi connectivity index (χ3n) is 3.20. The number of nitrogens with zero attached hydrogens (tertiary/aromatic N) is 1. The van der Waals surface area contributed by atoms with Gasteiger partial charge in [0.05, 0.1) is 19.3 Å². The van der Waals surface area contributed by atoms with Gasteiger partial charge in [-0.2, -0.15) is 0 Å². The maximum Gasteiger partial charge on any atom is 0.319 e. The minimum Gasteiger partial charge on any atom is -0.468 e. The molecule has 1 rings (SSSR count). The normalized spacial score (nSPS) is 14.5. The van der Waals surface area contributed by atoms with E-state index in [9.17, 15) is 9.90 Å². The summed E-state index contributed by atoms with van der Waals surface area (Å²) in [5.74, 6) is -0.294. The largest absolute Gasteiger partial charge is 0.468 e. The Morgan fingerprint density at radius 3 is 2.42 bits per heavy atom. The van der Waals surface area contributed by atoms with Gasteiger partial charge in [-0.25, -0.2) is 0 Å². The van der Waals surface area contributed by atoms with Crippen LogP contribution in [0.4, 0.5) is 0 Å². The summed E-state index contributed by atoms with van der Waals surface area (Å²) in [4.78, 5) is 13.3. The molecule has 4 heteroatoms. The second-order valence-electron chi connectivity index (χ2n) is 5.21. The van der Waals surface area contributed by atoms with Crippen molar-refractivity contribution in [3.63, 3.8) is 0 Å². The summed E-state index contributed by atoms with van der Waals surface area (Å²) in [6, 6.07) is 9.61. The van der Waals surface area contributed by atoms with Crippen molar-refractivity contribution in [2.75, 3.05) is 20.2 Å². The van der Waals surface area contributed by atoms with Crippen LogP contribution in [0.1, 0.15) is 26.3 Å². The Morgan fingerprint density at radius 1 is 1.37 bits per heavy atom. The van der Waals surface area contributed by atoms with Crippen molar-refractivity contribution >= 4 is 5.97 Å². The molecule has 0 aliphatic carbocycles. The molecular formula is C15H23NO3. The number of benzene rings is 1. The van der Waals surface area contributed by atoms with E-state index in [4.69, 9.17) is 0 Å². The number of methoxy groups -OCH3 is 1. The van der Waals surface area contributed by atoms with Crippen LogP contribution in [-0.2, 0) is 15.1 Å². The molecule has 1 N–H and O–H groups in total. The first-order chi connectivity index (χ1) is 8.86. The molecule has 0 saturated heterocycles. The Bertz CT molecular complexity index is 401. The van der Waals surface area contributed by atoms with Crippen LogP contribution in [-0.4, -0.2) is 42.2 Å². The molecule has 1 aromatic rings. The summed E-state index contributed by atoms with van der Waals surface area (Å²) in [6.07, 6.45) is 0. The predicted octanol–water partition coefficient (Wildman–Crippen LogP) is 1.78. The minimum absolute atomic E-state index is 0.147. The monoisotopic (exact) mass is 265 g/mol. The van der Waals surface area contributed by atoms with E-state index >= 15 is 0 Å². The minimum atomic E-state index is -1.00. The van der Waals surface area contributed by atoms with Crippen molar-refractivity contribution in [2.45, 2.75) is 32.4 Å².